The zero-order chi connectivity index (χ0) is 29.8. The van der Waals surface area contributed by atoms with Gasteiger partial charge in [0.05, 0.1) is 44.7 Å². The molecule has 42 heavy (non-hydrogen) atoms. The number of nitrogens with one attached hydrogen (secondary N) is 1. The van der Waals surface area contributed by atoms with Crippen LogP contribution in [0.5, 0.6) is 17.2 Å². The molecular weight excluding hydrogens is 552 g/mol. The highest BCUT2D eigenvalue weighted by atomic mass is 32.1. The van der Waals surface area contributed by atoms with Crippen LogP contribution in [0.25, 0.3) is 33.3 Å². The third kappa shape index (κ3) is 5.51. The van der Waals surface area contributed by atoms with Crippen LogP contribution in [-0.4, -0.2) is 44.8 Å². The first kappa shape index (κ1) is 28.6. The normalized spacial score (nSPS) is 10.8. The molecule has 0 aliphatic carbocycles. The fourth-order valence-corrected chi connectivity index (χ4v) is 5.91. The zero-order valence-corrected chi connectivity index (χ0v) is 24.8. The molecule has 8 nitrogen and oxygen atoms in total. The molecule has 0 radical (unpaired) electrons. The lowest BCUT2D eigenvalue weighted by Crippen LogP contribution is -2.15. The van der Waals surface area contributed by atoms with Crippen LogP contribution in [0.4, 0.5) is 5.00 Å². The third-order valence-corrected chi connectivity index (χ3v) is 7.82. The van der Waals surface area contributed by atoms with E-state index in [2.05, 4.69) is 5.32 Å². The number of esters is 1. The minimum Gasteiger partial charge on any atom is -0.497 e. The summed E-state index contributed by atoms with van der Waals surface area (Å²) in [5.41, 5.74) is 4.06. The smallest absolute Gasteiger partial charge is 0.341 e. The van der Waals surface area contributed by atoms with E-state index in [4.69, 9.17) is 23.9 Å². The van der Waals surface area contributed by atoms with Gasteiger partial charge in [-0.3, -0.25) is 4.79 Å². The summed E-state index contributed by atoms with van der Waals surface area (Å²) in [6.45, 7) is 4.38. The largest absolute Gasteiger partial charge is 0.497 e. The van der Waals surface area contributed by atoms with Crippen molar-refractivity contribution in [3.8, 4) is 39.6 Å². The number of aromatic nitrogens is 1. The number of hydrogen-bond acceptors (Lipinski definition) is 8. The van der Waals surface area contributed by atoms with Crippen molar-refractivity contribution < 1.29 is 28.5 Å². The molecular formula is C33H30N2O6S. The summed E-state index contributed by atoms with van der Waals surface area (Å²) in [7, 11) is 4.49. The van der Waals surface area contributed by atoms with Gasteiger partial charge in [-0.2, -0.15) is 0 Å². The summed E-state index contributed by atoms with van der Waals surface area (Å²) in [5.74, 6) is 1.02. The van der Waals surface area contributed by atoms with E-state index in [9.17, 15) is 9.59 Å². The lowest BCUT2D eigenvalue weighted by atomic mass is 10.0. The number of carbonyl (C=O) groups is 2. The van der Waals surface area contributed by atoms with Gasteiger partial charge in [-0.15, -0.1) is 11.3 Å². The van der Waals surface area contributed by atoms with Crippen molar-refractivity contribution in [1.29, 1.82) is 0 Å². The second-order valence-electron chi connectivity index (χ2n) is 9.28. The predicted octanol–water partition coefficient (Wildman–Crippen LogP) is 7.39. The third-order valence-electron chi connectivity index (χ3n) is 6.80. The topological polar surface area (TPSA) is 96.0 Å². The molecule has 2 aromatic heterocycles. The summed E-state index contributed by atoms with van der Waals surface area (Å²) < 4.78 is 21.7. The maximum absolute atomic E-state index is 14.0. The number of thiophene rings is 1. The molecule has 0 saturated heterocycles. The average molecular weight is 583 g/mol. The van der Waals surface area contributed by atoms with Crippen LogP contribution >= 0.6 is 11.3 Å². The van der Waals surface area contributed by atoms with Crippen LogP contribution in [-0.2, 0) is 4.74 Å². The second kappa shape index (κ2) is 12.3. The van der Waals surface area contributed by atoms with Crippen LogP contribution in [0.3, 0.4) is 0 Å². The van der Waals surface area contributed by atoms with Gasteiger partial charge in [-0.1, -0.05) is 30.3 Å². The number of para-hydroxylation sites is 1. The van der Waals surface area contributed by atoms with Crippen molar-refractivity contribution in [2.45, 2.75) is 13.8 Å². The summed E-state index contributed by atoms with van der Waals surface area (Å²) in [5, 5.41) is 4.06. The van der Waals surface area contributed by atoms with E-state index in [-0.39, 0.29) is 5.91 Å². The van der Waals surface area contributed by atoms with E-state index in [1.807, 2.05) is 68.4 Å². The van der Waals surface area contributed by atoms with Crippen molar-refractivity contribution in [1.82, 2.24) is 4.98 Å². The number of ether oxygens (including phenoxy) is 4. The fraction of sp³-hybridized carbons (Fsp3) is 0.182. The highest BCUT2D eigenvalue weighted by molar-refractivity contribution is 7.17. The molecule has 0 aliphatic rings. The number of carbonyl (C=O) groups excluding carboxylic acids is 2. The predicted molar refractivity (Wildman–Crippen MR) is 165 cm³/mol. The van der Waals surface area contributed by atoms with Gasteiger partial charge in [0.15, 0.2) is 0 Å². The second-order valence-corrected chi connectivity index (χ2v) is 10.5. The Balaban J connectivity index is 1.60. The summed E-state index contributed by atoms with van der Waals surface area (Å²) in [6.07, 6.45) is 0. The Morgan fingerprint density at radius 3 is 2.33 bits per heavy atom. The number of nitrogens with zero attached hydrogens (tertiary/aromatic N) is 1. The van der Waals surface area contributed by atoms with Crippen molar-refractivity contribution in [2.75, 3.05) is 33.3 Å². The minimum atomic E-state index is -0.542. The lowest BCUT2D eigenvalue weighted by molar-refractivity contribution is 0.0603. The number of rotatable bonds is 9. The molecule has 5 aromatic rings. The van der Waals surface area contributed by atoms with Gasteiger partial charge in [0.1, 0.15) is 27.8 Å². The molecule has 0 fully saturated rings. The van der Waals surface area contributed by atoms with Gasteiger partial charge in [-0.05, 0) is 61.9 Å². The number of pyridine rings is 1. The molecule has 0 atom stereocenters. The maximum Gasteiger partial charge on any atom is 0.341 e. The van der Waals surface area contributed by atoms with E-state index >= 15 is 0 Å². The highest BCUT2D eigenvalue weighted by Crippen LogP contribution is 2.41. The SMILES string of the molecule is CCOc1ccc(-c2c(C)sc(NC(=O)c3cc(-c4cc(OC)ccc4OC)nc4ccccc34)c2C(=O)OC)cc1. The Bertz CT molecular complexity index is 1780. The first-order valence-electron chi connectivity index (χ1n) is 13.3. The molecule has 0 aliphatic heterocycles. The number of amides is 1. The maximum atomic E-state index is 14.0. The van der Waals surface area contributed by atoms with Gasteiger partial charge < -0.3 is 24.3 Å². The molecule has 5 rings (SSSR count). The van der Waals surface area contributed by atoms with Gasteiger partial charge in [-0.25, -0.2) is 9.78 Å². The Kier molecular flexibility index (Phi) is 8.40. The molecule has 1 N–H and O–H groups in total. The van der Waals surface area contributed by atoms with Crippen LogP contribution in [0.1, 0.15) is 32.5 Å². The standard InChI is InChI=1S/C33H30N2O6S/c1-6-41-21-13-11-20(12-14-21)29-19(2)42-32(30(29)33(37)40-5)35-31(36)24-18-27(34-26-10-8-7-9-23(24)26)25-17-22(38-3)15-16-28(25)39-4/h7-18H,6H2,1-5H3,(H,35,36). The highest BCUT2D eigenvalue weighted by Gasteiger charge is 2.26. The van der Waals surface area contributed by atoms with Crippen LogP contribution in [0.15, 0.2) is 72.8 Å². The van der Waals surface area contributed by atoms with E-state index in [0.717, 1.165) is 16.2 Å². The Morgan fingerprint density at radius 1 is 0.905 bits per heavy atom. The summed E-state index contributed by atoms with van der Waals surface area (Å²) in [4.78, 5) is 32.7. The summed E-state index contributed by atoms with van der Waals surface area (Å²) >= 11 is 1.32. The average Bonchev–Trinajstić information content (AvgIpc) is 3.35. The van der Waals surface area contributed by atoms with E-state index in [0.29, 0.717) is 62.0 Å². The first-order chi connectivity index (χ1) is 20.4. The Labute approximate surface area is 247 Å². The molecule has 2 heterocycles. The number of benzene rings is 3. The molecule has 0 unspecified atom stereocenters. The molecule has 214 valence electrons. The molecule has 0 saturated carbocycles. The van der Waals surface area contributed by atoms with E-state index in [1.165, 1.54) is 18.4 Å². The lowest BCUT2D eigenvalue weighted by Gasteiger charge is -2.14. The van der Waals surface area contributed by atoms with Gasteiger partial charge in [0.2, 0.25) is 0 Å². The number of fused-ring (bicyclic) bond motifs is 1. The van der Waals surface area contributed by atoms with Crippen molar-refractivity contribution >= 4 is 39.1 Å². The van der Waals surface area contributed by atoms with Crippen LogP contribution in [0.2, 0.25) is 0 Å². The number of anilines is 1. The van der Waals surface area contributed by atoms with E-state index < -0.39 is 5.97 Å². The molecule has 0 spiro atoms. The first-order valence-corrected chi connectivity index (χ1v) is 14.1. The van der Waals surface area contributed by atoms with Crippen LogP contribution in [0, 0.1) is 6.92 Å². The fourth-order valence-electron chi connectivity index (χ4n) is 4.85. The molecule has 3 aromatic carbocycles. The minimum absolute atomic E-state index is 0.297. The quantitative estimate of drug-likeness (QED) is 0.181. The van der Waals surface area contributed by atoms with Crippen molar-refractivity contribution in [2.24, 2.45) is 0 Å². The van der Waals surface area contributed by atoms with Gasteiger partial charge in [0, 0.05) is 21.4 Å². The van der Waals surface area contributed by atoms with Gasteiger partial charge >= 0.3 is 5.97 Å². The van der Waals surface area contributed by atoms with Crippen molar-refractivity contribution in [3.05, 3.63) is 88.8 Å². The van der Waals surface area contributed by atoms with Crippen molar-refractivity contribution in [3.63, 3.8) is 0 Å². The van der Waals surface area contributed by atoms with Gasteiger partial charge in [0.25, 0.3) is 5.91 Å². The summed E-state index contributed by atoms with van der Waals surface area (Å²) in [6, 6.07) is 22.0. The molecule has 9 heteroatoms. The number of methoxy groups -OCH3 is 3. The Morgan fingerprint density at radius 2 is 1.64 bits per heavy atom. The molecule has 0 bridgehead atoms. The molecule has 1 amide bonds. The van der Waals surface area contributed by atoms with Crippen LogP contribution < -0.4 is 19.5 Å². The Hall–Kier alpha value is -4.89. The monoisotopic (exact) mass is 582 g/mol. The zero-order valence-electron chi connectivity index (χ0n) is 23.9. The number of hydrogen-bond donors (Lipinski definition) is 1. The number of aryl methyl sites for hydroxylation is 1. The van der Waals surface area contributed by atoms with E-state index in [1.54, 1.807) is 32.4 Å².